The molecule has 0 atom stereocenters. The van der Waals surface area contributed by atoms with Gasteiger partial charge >= 0.3 is 0 Å². The van der Waals surface area contributed by atoms with Gasteiger partial charge in [0.25, 0.3) is 5.91 Å². The lowest BCUT2D eigenvalue weighted by Crippen LogP contribution is -2.32. The largest absolute Gasteiger partial charge is 0.371 e. The Hall–Kier alpha value is -1.90. The third-order valence-corrected chi connectivity index (χ3v) is 8.22. The molecule has 1 aromatic carbocycles. The molecule has 1 saturated heterocycles. The number of sulfonamides is 1. The number of carbonyl (C=O) groups is 1. The lowest BCUT2D eigenvalue weighted by Gasteiger charge is -2.23. The third-order valence-electron chi connectivity index (χ3n) is 5.24. The predicted octanol–water partition coefficient (Wildman–Crippen LogP) is 3.35. The molecule has 2 heterocycles. The van der Waals surface area contributed by atoms with Crippen molar-refractivity contribution in [2.24, 2.45) is 0 Å². The van der Waals surface area contributed by atoms with Crippen LogP contribution in [0.5, 0.6) is 0 Å². The first-order valence-electron chi connectivity index (χ1n) is 10.2. The molecule has 1 amide bonds. The van der Waals surface area contributed by atoms with E-state index in [2.05, 4.69) is 10.2 Å². The molecule has 1 aromatic heterocycles. The van der Waals surface area contributed by atoms with Crippen LogP contribution in [0.1, 0.15) is 41.9 Å². The fourth-order valence-corrected chi connectivity index (χ4v) is 5.85. The summed E-state index contributed by atoms with van der Waals surface area (Å²) in [4.78, 5) is 16.5. The number of benzene rings is 1. The van der Waals surface area contributed by atoms with E-state index in [1.807, 2.05) is 31.4 Å². The Labute approximate surface area is 177 Å². The van der Waals surface area contributed by atoms with E-state index in [0.717, 1.165) is 38.0 Å². The fourth-order valence-electron chi connectivity index (χ4n) is 3.65. The topological polar surface area (TPSA) is 69.7 Å². The Kier molecular flexibility index (Phi) is 7.32. The van der Waals surface area contributed by atoms with Crippen LogP contribution >= 0.6 is 11.3 Å². The van der Waals surface area contributed by atoms with E-state index in [0.29, 0.717) is 25.2 Å². The summed E-state index contributed by atoms with van der Waals surface area (Å²) < 4.78 is 27.3. The quantitative estimate of drug-likeness (QED) is 0.656. The minimum Gasteiger partial charge on any atom is -0.371 e. The number of nitrogens with zero attached hydrogens (tertiary/aromatic N) is 2. The maximum atomic E-state index is 13.0. The van der Waals surface area contributed by atoms with Gasteiger partial charge in [-0.2, -0.15) is 4.31 Å². The molecule has 0 saturated carbocycles. The fraction of sp³-hybridized carbons (Fsp3) is 0.476. The Morgan fingerprint density at radius 3 is 2.52 bits per heavy atom. The van der Waals surface area contributed by atoms with Crippen LogP contribution in [0.15, 0.2) is 40.6 Å². The smallest absolute Gasteiger partial charge is 0.253 e. The minimum absolute atomic E-state index is 0.174. The van der Waals surface area contributed by atoms with E-state index in [9.17, 15) is 13.2 Å². The molecule has 0 radical (unpaired) electrons. The van der Waals surface area contributed by atoms with Gasteiger partial charge in [0.15, 0.2) is 0 Å². The Morgan fingerprint density at radius 1 is 1.17 bits per heavy atom. The molecular formula is C21H29N3O3S2. The van der Waals surface area contributed by atoms with Gasteiger partial charge in [-0.15, -0.1) is 11.3 Å². The van der Waals surface area contributed by atoms with Crippen molar-refractivity contribution in [3.63, 3.8) is 0 Å². The van der Waals surface area contributed by atoms with Gasteiger partial charge in [-0.05, 0) is 48.9 Å². The van der Waals surface area contributed by atoms with Crippen molar-refractivity contribution in [1.82, 2.24) is 9.62 Å². The maximum absolute atomic E-state index is 13.0. The first-order valence-corrected chi connectivity index (χ1v) is 12.5. The van der Waals surface area contributed by atoms with E-state index < -0.39 is 10.0 Å². The summed E-state index contributed by atoms with van der Waals surface area (Å²) in [6.07, 6.45) is 2.93. The zero-order valence-electron chi connectivity index (χ0n) is 17.1. The number of anilines is 1. The number of nitrogens with one attached hydrogen (secondary N) is 1. The van der Waals surface area contributed by atoms with E-state index >= 15 is 0 Å². The Morgan fingerprint density at radius 2 is 1.90 bits per heavy atom. The molecule has 1 N–H and O–H groups in total. The summed E-state index contributed by atoms with van der Waals surface area (Å²) in [5.41, 5.74) is 1.25. The van der Waals surface area contributed by atoms with Crippen molar-refractivity contribution in [3.8, 4) is 0 Å². The number of carbonyl (C=O) groups excluding carboxylic acids is 1. The normalized spacial score (nSPS) is 14.5. The monoisotopic (exact) mass is 435 g/mol. The van der Waals surface area contributed by atoms with Crippen molar-refractivity contribution in [2.45, 2.75) is 38.0 Å². The molecule has 0 spiro atoms. The highest BCUT2D eigenvalue weighted by Crippen LogP contribution is 2.28. The second-order valence-corrected chi connectivity index (χ2v) is 10.0. The number of hydrogen-bond acceptors (Lipinski definition) is 5. The molecule has 0 unspecified atom stereocenters. The molecule has 3 rings (SSSR count). The highest BCUT2D eigenvalue weighted by molar-refractivity contribution is 7.89. The minimum atomic E-state index is -3.62. The van der Waals surface area contributed by atoms with Gasteiger partial charge in [0, 0.05) is 43.3 Å². The maximum Gasteiger partial charge on any atom is 0.253 e. The molecule has 29 heavy (non-hydrogen) atoms. The number of thiophene rings is 1. The average Bonchev–Trinajstić information content (AvgIpc) is 3.42. The number of rotatable bonds is 9. The summed E-state index contributed by atoms with van der Waals surface area (Å²) in [6, 6.07) is 9.00. The second-order valence-electron chi connectivity index (χ2n) is 7.05. The van der Waals surface area contributed by atoms with Crippen molar-refractivity contribution in [3.05, 3.63) is 46.2 Å². The molecule has 1 fully saturated rings. The number of amides is 1. The van der Waals surface area contributed by atoms with Gasteiger partial charge in [0.1, 0.15) is 0 Å². The van der Waals surface area contributed by atoms with Gasteiger partial charge in [-0.25, -0.2) is 8.42 Å². The van der Waals surface area contributed by atoms with Crippen molar-refractivity contribution in [2.75, 3.05) is 37.6 Å². The second kappa shape index (κ2) is 9.73. The van der Waals surface area contributed by atoms with E-state index in [1.165, 1.54) is 9.18 Å². The van der Waals surface area contributed by atoms with E-state index in [1.54, 1.807) is 29.5 Å². The van der Waals surface area contributed by atoms with Crippen LogP contribution in [-0.2, 0) is 16.4 Å². The molecule has 1 aliphatic rings. The van der Waals surface area contributed by atoms with Gasteiger partial charge in [0.2, 0.25) is 10.0 Å². The van der Waals surface area contributed by atoms with Gasteiger partial charge in [-0.1, -0.05) is 19.9 Å². The van der Waals surface area contributed by atoms with Gasteiger partial charge in [-0.3, -0.25) is 4.79 Å². The predicted molar refractivity (Wildman–Crippen MR) is 118 cm³/mol. The number of hydrogen-bond donors (Lipinski definition) is 1. The molecule has 8 heteroatoms. The van der Waals surface area contributed by atoms with Crippen LogP contribution < -0.4 is 10.2 Å². The summed E-state index contributed by atoms with van der Waals surface area (Å²) in [6.45, 7) is 6.72. The Balaban J connectivity index is 1.87. The molecule has 0 bridgehead atoms. The zero-order valence-corrected chi connectivity index (χ0v) is 18.7. The standard InChI is InChI=1S/C21H29N3O3S2/c1-3-24(4-2)29(26,27)18-9-10-20(23-13-5-6-14-23)19(16-18)21(25)22-12-11-17-8-7-15-28-17/h7-10,15-16H,3-6,11-14H2,1-2H3,(H,22,25). The first-order chi connectivity index (χ1) is 14.0. The summed E-state index contributed by atoms with van der Waals surface area (Å²) >= 11 is 1.66. The van der Waals surface area contributed by atoms with Gasteiger partial charge in [0.05, 0.1) is 10.5 Å². The van der Waals surface area contributed by atoms with Gasteiger partial charge < -0.3 is 10.2 Å². The third kappa shape index (κ3) is 4.99. The summed E-state index contributed by atoms with van der Waals surface area (Å²) in [7, 11) is -3.62. The van der Waals surface area contributed by atoms with Crippen LogP contribution in [-0.4, -0.2) is 51.4 Å². The highest BCUT2D eigenvalue weighted by atomic mass is 32.2. The average molecular weight is 436 g/mol. The van der Waals surface area contributed by atoms with Crippen molar-refractivity contribution < 1.29 is 13.2 Å². The highest BCUT2D eigenvalue weighted by Gasteiger charge is 2.26. The molecule has 6 nitrogen and oxygen atoms in total. The molecular weight excluding hydrogens is 406 g/mol. The van der Waals surface area contributed by atoms with E-state index in [-0.39, 0.29) is 10.8 Å². The molecule has 158 valence electrons. The Bertz CT molecular complexity index is 917. The lowest BCUT2D eigenvalue weighted by atomic mass is 10.1. The van der Waals surface area contributed by atoms with Crippen LogP contribution in [0.4, 0.5) is 5.69 Å². The molecule has 2 aromatic rings. The first kappa shape index (κ1) is 21.8. The zero-order chi connectivity index (χ0) is 20.9. The van der Waals surface area contributed by atoms with Crippen LogP contribution in [0, 0.1) is 0 Å². The summed E-state index contributed by atoms with van der Waals surface area (Å²) in [5, 5.41) is 4.99. The van der Waals surface area contributed by atoms with Crippen LogP contribution in [0.3, 0.4) is 0 Å². The van der Waals surface area contributed by atoms with Crippen LogP contribution in [0.2, 0.25) is 0 Å². The van der Waals surface area contributed by atoms with Crippen molar-refractivity contribution >= 4 is 33.0 Å². The van der Waals surface area contributed by atoms with Crippen LogP contribution in [0.25, 0.3) is 0 Å². The summed E-state index contributed by atoms with van der Waals surface area (Å²) in [5.74, 6) is -0.222. The molecule has 1 aliphatic heterocycles. The van der Waals surface area contributed by atoms with E-state index in [4.69, 9.17) is 0 Å². The molecule has 0 aliphatic carbocycles. The SMILES string of the molecule is CCN(CC)S(=O)(=O)c1ccc(N2CCCC2)c(C(=O)NCCc2cccs2)c1. The van der Waals surface area contributed by atoms with Crippen molar-refractivity contribution in [1.29, 1.82) is 0 Å². The lowest BCUT2D eigenvalue weighted by molar-refractivity contribution is 0.0954.